The summed E-state index contributed by atoms with van der Waals surface area (Å²) in [6, 6.07) is 0.620. The van der Waals surface area contributed by atoms with E-state index in [0.717, 1.165) is 0 Å². The van der Waals surface area contributed by atoms with Crippen molar-refractivity contribution < 1.29 is 18.0 Å². The largest absolute Gasteiger partial charge is 0.335 e. The van der Waals surface area contributed by atoms with Gasteiger partial charge < -0.3 is 9.80 Å². The van der Waals surface area contributed by atoms with Gasteiger partial charge in [0.25, 0.3) is 5.91 Å². The SMILES string of the molecule is CC(=O)N1CCN(C(=O)c2ccn[nH]2)[C@H]2CS(=O)(=O)C[C@H]21. The zero-order valence-electron chi connectivity index (χ0n) is 11.5. The molecular formula is C12H16N4O4S. The van der Waals surface area contributed by atoms with Crippen LogP contribution in [0.4, 0.5) is 0 Å². The molecule has 114 valence electrons. The number of nitrogens with one attached hydrogen (secondary N) is 1. The molecule has 0 unspecified atom stereocenters. The Hall–Kier alpha value is -1.90. The minimum absolute atomic E-state index is 0.0794. The molecule has 1 aromatic rings. The van der Waals surface area contributed by atoms with Gasteiger partial charge in [0.15, 0.2) is 9.84 Å². The highest BCUT2D eigenvalue weighted by Gasteiger charge is 2.49. The quantitative estimate of drug-likeness (QED) is 0.707. The molecule has 2 saturated heterocycles. The van der Waals surface area contributed by atoms with Crippen molar-refractivity contribution in [3.63, 3.8) is 0 Å². The number of carbonyl (C=O) groups is 2. The molecule has 1 aromatic heterocycles. The lowest BCUT2D eigenvalue weighted by Crippen LogP contribution is -2.61. The Morgan fingerprint density at radius 3 is 2.43 bits per heavy atom. The number of fused-ring (bicyclic) bond motifs is 1. The summed E-state index contributed by atoms with van der Waals surface area (Å²) >= 11 is 0. The van der Waals surface area contributed by atoms with E-state index in [1.165, 1.54) is 13.1 Å². The molecule has 8 nitrogen and oxygen atoms in total. The topological polar surface area (TPSA) is 103 Å². The number of H-pyrrole nitrogens is 1. The van der Waals surface area contributed by atoms with Gasteiger partial charge in [0.05, 0.1) is 23.6 Å². The van der Waals surface area contributed by atoms with E-state index in [2.05, 4.69) is 10.2 Å². The number of carbonyl (C=O) groups excluding carboxylic acids is 2. The molecule has 2 aliphatic heterocycles. The fourth-order valence-corrected chi connectivity index (χ4v) is 5.11. The van der Waals surface area contributed by atoms with Gasteiger partial charge in [-0.1, -0.05) is 0 Å². The molecule has 3 heterocycles. The minimum Gasteiger partial charge on any atom is -0.335 e. The monoisotopic (exact) mass is 312 g/mol. The van der Waals surface area contributed by atoms with Crippen molar-refractivity contribution in [1.82, 2.24) is 20.0 Å². The van der Waals surface area contributed by atoms with Gasteiger partial charge in [-0.3, -0.25) is 14.7 Å². The standard InChI is InChI=1S/C12H16N4O4S/c1-8(17)15-4-5-16(12(18)9-2-3-13-14-9)11-7-21(19,20)6-10(11)15/h2-3,10-11H,4-7H2,1H3,(H,13,14)/t10-,11+/m1/s1. The minimum atomic E-state index is -3.24. The molecule has 9 heteroatoms. The molecule has 0 bridgehead atoms. The summed E-state index contributed by atoms with van der Waals surface area (Å²) in [5.41, 5.74) is 0.328. The van der Waals surface area contributed by atoms with Gasteiger partial charge in [-0.15, -0.1) is 0 Å². The lowest BCUT2D eigenvalue weighted by atomic mass is 10.0. The van der Waals surface area contributed by atoms with Crippen LogP contribution in [0.25, 0.3) is 0 Å². The van der Waals surface area contributed by atoms with E-state index >= 15 is 0 Å². The van der Waals surface area contributed by atoms with Gasteiger partial charge in [0.2, 0.25) is 5.91 Å². The number of amides is 2. The van der Waals surface area contributed by atoms with Gasteiger partial charge in [-0.25, -0.2) is 8.42 Å². The summed E-state index contributed by atoms with van der Waals surface area (Å²) < 4.78 is 23.8. The van der Waals surface area contributed by atoms with Crippen molar-refractivity contribution in [1.29, 1.82) is 0 Å². The highest BCUT2D eigenvalue weighted by atomic mass is 32.2. The summed E-state index contributed by atoms with van der Waals surface area (Å²) in [5, 5.41) is 6.34. The van der Waals surface area contributed by atoms with E-state index in [1.807, 2.05) is 0 Å². The Bertz CT molecular complexity index is 669. The van der Waals surface area contributed by atoms with Crippen molar-refractivity contribution >= 4 is 21.7 Å². The molecule has 2 aliphatic rings. The van der Waals surface area contributed by atoms with Crippen LogP contribution in [0, 0.1) is 0 Å². The maximum absolute atomic E-state index is 12.4. The first-order chi connectivity index (χ1) is 9.89. The smallest absolute Gasteiger partial charge is 0.272 e. The maximum Gasteiger partial charge on any atom is 0.272 e. The normalized spacial score (nSPS) is 27.5. The molecule has 1 N–H and O–H groups in total. The molecule has 2 fully saturated rings. The zero-order chi connectivity index (χ0) is 15.2. The second-order valence-electron chi connectivity index (χ2n) is 5.39. The summed E-state index contributed by atoms with van der Waals surface area (Å²) in [5.74, 6) is -0.607. The molecule has 2 amide bonds. The number of rotatable bonds is 1. The van der Waals surface area contributed by atoms with Crippen molar-refractivity contribution in [2.75, 3.05) is 24.6 Å². The lowest BCUT2D eigenvalue weighted by Gasteiger charge is -2.43. The number of sulfone groups is 1. The van der Waals surface area contributed by atoms with Crippen LogP contribution in [-0.4, -0.2) is 76.9 Å². The summed E-state index contributed by atoms with van der Waals surface area (Å²) in [6.07, 6.45) is 1.47. The van der Waals surface area contributed by atoms with Crippen LogP contribution in [0.1, 0.15) is 17.4 Å². The second kappa shape index (κ2) is 4.83. The molecule has 0 radical (unpaired) electrons. The van der Waals surface area contributed by atoms with Crippen LogP contribution in [-0.2, 0) is 14.6 Å². The number of hydrogen-bond acceptors (Lipinski definition) is 5. The van der Waals surface area contributed by atoms with Crippen molar-refractivity contribution in [3.05, 3.63) is 18.0 Å². The van der Waals surface area contributed by atoms with E-state index < -0.39 is 21.9 Å². The van der Waals surface area contributed by atoms with Gasteiger partial charge >= 0.3 is 0 Å². The van der Waals surface area contributed by atoms with Crippen LogP contribution >= 0.6 is 0 Å². The second-order valence-corrected chi connectivity index (χ2v) is 7.55. The highest BCUT2D eigenvalue weighted by Crippen LogP contribution is 2.28. The van der Waals surface area contributed by atoms with E-state index in [-0.39, 0.29) is 23.3 Å². The van der Waals surface area contributed by atoms with Crippen LogP contribution in [0.3, 0.4) is 0 Å². The predicted molar refractivity (Wildman–Crippen MR) is 73.2 cm³/mol. The van der Waals surface area contributed by atoms with E-state index in [4.69, 9.17) is 0 Å². The summed E-state index contributed by atoms with van der Waals surface area (Å²) in [7, 11) is -3.24. The third kappa shape index (κ3) is 2.41. The Morgan fingerprint density at radius 1 is 1.24 bits per heavy atom. The third-order valence-corrected chi connectivity index (χ3v) is 5.77. The highest BCUT2D eigenvalue weighted by molar-refractivity contribution is 7.91. The first kappa shape index (κ1) is 14.1. The number of hydrogen-bond donors (Lipinski definition) is 1. The Balaban J connectivity index is 1.91. The summed E-state index contributed by atoms with van der Waals surface area (Å²) in [4.78, 5) is 27.2. The van der Waals surface area contributed by atoms with Gasteiger partial charge in [-0.2, -0.15) is 5.10 Å². The Kier molecular flexibility index (Phi) is 3.23. The van der Waals surface area contributed by atoms with Crippen molar-refractivity contribution in [2.24, 2.45) is 0 Å². The molecule has 2 atom stereocenters. The molecule has 0 saturated carbocycles. The van der Waals surface area contributed by atoms with Crippen molar-refractivity contribution in [2.45, 2.75) is 19.0 Å². The Labute approximate surface area is 122 Å². The van der Waals surface area contributed by atoms with Crippen molar-refractivity contribution in [3.8, 4) is 0 Å². The zero-order valence-corrected chi connectivity index (χ0v) is 12.3. The number of piperazine rings is 1. The maximum atomic E-state index is 12.4. The van der Waals surface area contributed by atoms with Gasteiger partial charge in [0.1, 0.15) is 5.69 Å². The first-order valence-electron chi connectivity index (χ1n) is 6.67. The van der Waals surface area contributed by atoms with Gasteiger partial charge in [-0.05, 0) is 6.07 Å². The first-order valence-corrected chi connectivity index (χ1v) is 8.49. The molecular weight excluding hydrogens is 296 g/mol. The number of aromatic nitrogens is 2. The molecule has 0 aliphatic carbocycles. The third-order valence-electron chi connectivity index (χ3n) is 4.07. The van der Waals surface area contributed by atoms with Crippen LogP contribution < -0.4 is 0 Å². The fourth-order valence-electron chi connectivity index (χ4n) is 3.13. The number of aromatic amines is 1. The molecule has 0 spiro atoms. The predicted octanol–water partition coefficient (Wildman–Crippen LogP) is -1.12. The van der Waals surface area contributed by atoms with E-state index in [1.54, 1.807) is 15.9 Å². The molecule has 21 heavy (non-hydrogen) atoms. The molecule has 0 aromatic carbocycles. The molecule has 3 rings (SSSR count). The van der Waals surface area contributed by atoms with Crippen LogP contribution in [0.5, 0.6) is 0 Å². The average molecular weight is 312 g/mol. The van der Waals surface area contributed by atoms with Crippen LogP contribution in [0.15, 0.2) is 12.3 Å². The average Bonchev–Trinajstić information content (AvgIpc) is 3.01. The Morgan fingerprint density at radius 2 is 1.86 bits per heavy atom. The van der Waals surface area contributed by atoms with Gasteiger partial charge in [0, 0.05) is 26.2 Å². The fraction of sp³-hybridized carbons (Fsp3) is 0.583. The summed E-state index contributed by atoms with van der Waals surface area (Å²) in [6.45, 7) is 2.11. The van der Waals surface area contributed by atoms with Crippen LogP contribution in [0.2, 0.25) is 0 Å². The van der Waals surface area contributed by atoms with E-state index in [0.29, 0.717) is 18.8 Å². The van der Waals surface area contributed by atoms with E-state index in [9.17, 15) is 18.0 Å². The number of nitrogens with zero attached hydrogens (tertiary/aromatic N) is 3. The lowest BCUT2D eigenvalue weighted by molar-refractivity contribution is -0.133.